The normalized spacial score (nSPS) is 30.8. The average molecular weight is 156 g/mol. The van der Waals surface area contributed by atoms with Gasteiger partial charge in [0.2, 0.25) is 5.91 Å². The lowest BCUT2D eigenvalue weighted by atomic mass is 9.96. The van der Waals surface area contributed by atoms with Crippen LogP contribution in [0, 0.1) is 5.92 Å². The van der Waals surface area contributed by atoms with Crippen LogP contribution < -0.4 is 11.1 Å². The SMILES string of the molecule is CC[C@H]1C(=O)CN[C@@H]1C(N)=O. The van der Waals surface area contributed by atoms with Crippen LogP contribution in [0.4, 0.5) is 0 Å². The van der Waals surface area contributed by atoms with Crippen molar-refractivity contribution in [3.8, 4) is 0 Å². The molecule has 0 aliphatic carbocycles. The van der Waals surface area contributed by atoms with E-state index in [0.29, 0.717) is 6.42 Å². The molecule has 1 amide bonds. The van der Waals surface area contributed by atoms with Crippen molar-refractivity contribution in [1.29, 1.82) is 0 Å². The van der Waals surface area contributed by atoms with Gasteiger partial charge in [0, 0.05) is 5.92 Å². The number of carbonyl (C=O) groups excluding carboxylic acids is 2. The van der Waals surface area contributed by atoms with E-state index in [-0.39, 0.29) is 18.2 Å². The van der Waals surface area contributed by atoms with Crippen LogP contribution in [-0.2, 0) is 9.59 Å². The molecule has 0 aromatic heterocycles. The topological polar surface area (TPSA) is 72.2 Å². The lowest BCUT2D eigenvalue weighted by molar-refractivity contribution is -0.125. The highest BCUT2D eigenvalue weighted by Crippen LogP contribution is 2.14. The minimum atomic E-state index is -0.438. The highest BCUT2D eigenvalue weighted by atomic mass is 16.2. The van der Waals surface area contributed by atoms with Crippen molar-refractivity contribution in [2.24, 2.45) is 11.7 Å². The van der Waals surface area contributed by atoms with Crippen molar-refractivity contribution < 1.29 is 9.59 Å². The fourth-order valence-electron chi connectivity index (χ4n) is 1.43. The van der Waals surface area contributed by atoms with E-state index in [9.17, 15) is 9.59 Å². The van der Waals surface area contributed by atoms with Gasteiger partial charge in [-0.05, 0) is 6.42 Å². The van der Waals surface area contributed by atoms with Gasteiger partial charge in [0.1, 0.15) is 0 Å². The zero-order valence-corrected chi connectivity index (χ0v) is 6.46. The number of ketones is 1. The number of amides is 1. The number of hydrogen-bond acceptors (Lipinski definition) is 3. The summed E-state index contributed by atoms with van der Waals surface area (Å²) in [7, 11) is 0. The van der Waals surface area contributed by atoms with Crippen molar-refractivity contribution in [3.05, 3.63) is 0 Å². The monoisotopic (exact) mass is 156 g/mol. The van der Waals surface area contributed by atoms with Gasteiger partial charge in [-0.15, -0.1) is 0 Å². The predicted octanol–water partition coefficient (Wildman–Crippen LogP) is -0.961. The largest absolute Gasteiger partial charge is 0.368 e. The molecule has 1 rings (SSSR count). The summed E-state index contributed by atoms with van der Waals surface area (Å²) in [5.41, 5.74) is 5.07. The van der Waals surface area contributed by atoms with Crippen LogP contribution in [0.1, 0.15) is 13.3 Å². The number of carbonyl (C=O) groups is 2. The Morgan fingerprint density at radius 2 is 2.45 bits per heavy atom. The van der Waals surface area contributed by atoms with Crippen LogP contribution in [0.5, 0.6) is 0 Å². The molecule has 1 heterocycles. The molecule has 0 bridgehead atoms. The van der Waals surface area contributed by atoms with E-state index < -0.39 is 11.9 Å². The van der Waals surface area contributed by atoms with E-state index in [1.807, 2.05) is 6.92 Å². The molecular formula is C7H12N2O2. The van der Waals surface area contributed by atoms with E-state index >= 15 is 0 Å². The Morgan fingerprint density at radius 3 is 2.82 bits per heavy atom. The Bertz CT molecular complexity index is 191. The number of rotatable bonds is 2. The Balaban J connectivity index is 2.68. The van der Waals surface area contributed by atoms with Crippen LogP contribution in [0.2, 0.25) is 0 Å². The number of nitrogens with two attached hydrogens (primary N) is 1. The molecule has 62 valence electrons. The minimum absolute atomic E-state index is 0.0938. The third kappa shape index (κ3) is 1.40. The second-order valence-corrected chi connectivity index (χ2v) is 2.74. The second-order valence-electron chi connectivity index (χ2n) is 2.74. The first-order chi connectivity index (χ1) is 5.16. The van der Waals surface area contributed by atoms with Gasteiger partial charge < -0.3 is 5.73 Å². The molecule has 1 aliphatic rings. The lowest BCUT2D eigenvalue weighted by Crippen LogP contribution is -2.40. The molecule has 0 saturated carbocycles. The fourth-order valence-corrected chi connectivity index (χ4v) is 1.43. The molecule has 0 spiro atoms. The molecule has 0 aromatic carbocycles. The maximum Gasteiger partial charge on any atom is 0.235 e. The third-order valence-corrected chi connectivity index (χ3v) is 2.06. The van der Waals surface area contributed by atoms with Crippen LogP contribution in [0.3, 0.4) is 0 Å². The summed E-state index contributed by atoms with van der Waals surface area (Å²) in [4.78, 5) is 21.8. The van der Waals surface area contributed by atoms with Gasteiger partial charge in [-0.25, -0.2) is 0 Å². The molecule has 0 unspecified atom stereocenters. The number of hydrogen-bond donors (Lipinski definition) is 2. The van der Waals surface area contributed by atoms with Crippen molar-refractivity contribution in [2.45, 2.75) is 19.4 Å². The first-order valence-electron chi connectivity index (χ1n) is 3.72. The molecule has 1 fully saturated rings. The summed E-state index contributed by atoms with van der Waals surface area (Å²) >= 11 is 0. The van der Waals surface area contributed by atoms with Crippen molar-refractivity contribution in [1.82, 2.24) is 5.32 Å². The minimum Gasteiger partial charge on any atom is -0.368 e. The van der Waals surface area contributed by atoms with Crippen LogP contribution in [0.15, 0.2) is 0 Å². The van der Waals surface area contributed by atoms with E-state index in [1.54, 1.807) is 0 Å². The van der Waals surface area contributed by atoms with Crippen molar-refractivity contribution in [2.75, 3.05) is 6.54 Å². The number of nitrogens with one attached hydrogen (secondary N) is 1. The van der Waals surface area contributed by atoms with E-state index in [4.69, 9.17) is 5.73 Å². The van der Waals surface area contributed by atoms with Crippen LogP contribution in [0.25, 0.3) is 0 Å². The molecule has 2 atom stereocenters. The molecular weight excluding hydrogens is 144 g/mol. The summed E-state index contributed by atoms with van der Waals surface area (Å²) in [5.74, 6) is -0.536. The quantitative estimate of drug-likeness (QED) is 0.540. The maximum atomic E-state index is 11.0. The van der Waals surface area contributed by atoms with E-state index in [0.717, 1.165) is 0 Å². The summed E-state index contributed by atoms with van der Waals surface area (Å²) in [6.07, 6.45) is 0.680. The highest BCUT2D eigenvalue weighted by molar-refractivity contribution is 5.94. The van der Waals surface area contributed by atoms with Gasteiger partial charge in [0.25, 0.3) is 0 Å². The van der Waals surface area contributed by atoms with E-state index in [2.05, 4.69) is 5.32 Å². The highest BCUT2D eigenvalue weighted by Gasteiger charge is 2.36. The third-order valence-electron chi connectivity index (χ3n) is 2.06. The smallest absolute Gasteiger partial charge is 0.235 e. The Hall–Kier alpha value is -0.900. The zero-order valence-electron chi connectivity index (χ0n) is 6.46. The molecule has 0 aromatic rings. The van der Waals surface area contributed by atoms with Crippen LogP contribution in [-0.4, -0.2) is 24.3 Å². The second kappa shape index (κ2) is 3.00. The van der Waals surface area contributed by atoms with Crippen molar-refractivity contribution in [3.63, 3.8) is 0 Å². The Kier molecular flexibility index (Phi) is 2.24. The average Bonchev–Trinajstić information content (AvgIpc) is 2.30. The maximum absolute atomic E-state index is 11.0. The predicted molar refractivity (Wildman–Crippen MR) is 39.8 cm³/mol. The first-order valence-corrected chi connectivity index (χ1v) is 3.72. The van der Waals surface area contributed by atoms with Crippen LogP contribution >= 0.6 is 0 Å². The summed E-state index contributed by atoms with van der Waals surface area (Å²) in [6.45, 7) is 2.16. The van der Waals surface area contributed by atoms with Gasteiger partial charge in [-0.3, -0.25) is 14.9 Å². The summed E-state index contributed by atoms with van der Waals surface area (Å²) in [5, 5.41) is 2.78. The molecule has 1 aliphatic heterocycles. The first kappa shape index (κ1) is 8.20. The fraction of sp³-hybridized carbons (Fsp3) is 0.714. The Morgan fingerprint density at radius 1 is 1.82 bits per heavy atom. The zero-order chi connectivity index (χ0) is 8.43. The number of primary amides is 1. The van der Waals surface area contributed by atoms with Gasteiger partial charge >= 0.3 is 0 Å². The van der Waals surface area contributed by atoms with Crippen molar-refractivity contribution >= 4 is 11.7 Å². The van der Waals surface area contributed by atoms with Gasteiger partial charge in [0.05, 0.1) is 12.6 Å². The standard InChI is InChI=1S/C7H12N2O2/c1-2-4-5(10)3-9-6(4)7(8)11/h4,6,9H,2-3H2,1H3,(H2,8,11)/t4-,6-/m0/s1. The van der Waals surface area contributed by atoms with Gasteiger partial charge in [-0.1, -0.05) is 6.92 Å². The lowest BCUT2D eigenvalue weighted by Gasteiger charge is -2.11. The summed E-state index contributed by atoms with van der Waals surface area (Å²) < 4.78 is 0. The molecule has 11 heavy (non-hydrogen) atoms. The molecule has 4 nitrogen and oxygen atoms in total. The Labute approximate surface area is 65.1 Å². The molecule has 0 radical (unpaired) electrons. The number of Topliss-reactive ketones (excluding diaryl/α,β-unsaturated/α-hetero) is 1. The summed E-state index contributed by atoms with van der Waals surface area (Å²) in [6, 6.07) is -0.438. The molecule has 3 N–H and O–H groups in total. The van der Waals surface area contributed by atoms with Gasteiger partial charge in [-0.2, -0.15) is 0 Å². The van der Waals surface area contributed by atoms with Gasteiger partial charge in [0.15, 0.2) is 5.78 Å². The molecule has 4 heteroatoms. The molecule has 1 saturated heterocycles. The van der Waals surface area contributed by atoms with E-state index in [1.165, 1.54) is 0 Å².